The van der Waals surface area contributed by atoms with Crippen LogP contribution in [-0.4, -0.2) is 45.9 Å². The first kappa shape index (κ1) is 26.5. The molecule has 0 aromatic rings. The lowest BCUT2D eigenvalue weighted by molar-refractivity contribution is -0.227. The van der Waals surface area contributed by atoms with Crippen molar-refractivity contribution in [3.63, 3.8) is 0 Å². The number of carbonyl (C=O) groups is 3. The number of alkyl halides is 2. The van der Waals surface area contributed by atoms with E-state index in [-0.39, 0.29) is 37.1 Å². The van der Waals surface area contributed by atoms with Gasteiger partial charge in [0, 0.05) is 29.1 Å². The van der Waals surface area contributed by atoms with Crippen molar-refractivity contribution >= 4 is 29.1 Å². The third-order valence-electron chi connectivity index (χ3n) is 9.82. The van der Waals surface area contributed by atoms with E-state index in [1.807, 2.05) is 13.8 Å². The van der Waals surface area contributed by atoms with E-state index >= 15 is 4.39 Å². The van der Waals surface area contributed by atoms with Crippen LogP contribution in [0.2, 0.25) is 0 Å². The van der Waals surface area contributed by atoms with Gasteiger partial charge in [0.1, 0.15) is 0 Å². The Balaban J connectivity index is 1.82. The number of Topliss-reactive ketones (excluding diaryl/α,β-unsaturated/α-hetero) is 1. The molecule has 194 valence electrons. The number of esters is 1. The van der Waals surface area contributed by atoms with Gasteiger partial charge in [0.2, 0.25) is 5.78 Å². The summed E-state index contributed by atoms with van der Waals surface area (Å²) in [5.41, 5.74) is -6.27. The number of rotatable bonds is 6. The van der Waals surface area contributed by atoms with Gasteiger partial charge in [-0.1, -0.05) is 33.3 Å². The molecular formula is C27H35ClF2O5. The minimum atomic E-state index is -2.24. The molecule has 3 fully saturated rings. The molecule has 0 amide bonds. The van der Waals surface area contributed by atoms with Crippen molar-refractivity contribution < 1.29 is 33.0 Å². The number of halogens is 3. The summed E-state index contributed by atoms with van der Waals surface area (Å²) in [5.74, 6) is -4.59. The highest BCUT2D eigenvalue weighted by Gasteiger charge is 2.77. The molecule has 0 radical (unpaired) electrons. The van der Waals surface area contributed by atoms with Crippen LogP contribution in [0.5, 0.6) is 0 Å². The maximum absolute atomic E-state index is 17.3. The summed E-state index contributed by atoms with van der Waals surface area (Å²) >= 11 is 6.05. The standard InChI is InChI=1S/C27H35ClF2O5/c1-5-6-7-22(34)35-27(21(33)14-28)15(2)12-18-16-8-9-17-23(29)19(31)10-11-24(17,3)26(16,30)20(32)13-25(18,27)4/h10-11,15-16,18,20,32H,5-9,12-14H2,1-4H3/t15-,16-,18-,20-,24-,25-,26-,27+/m0/s1. The van der Waals surface area contributed by atoms with Crippen LogP contribution < -0.4 is 0 Å². The van der Waals surface area contributed by atoms with E-state index in [0.29, 0.717) is 12.8 Å². The Hall–Kier alpha value is -1.60. The smallest absolute Gasteiger partial charge is 0.306 e. The van der Waals surface area contributed by atoms with Gasteiger partial charge in [-0.2, -0.15) is 0 Å². The Morgan fingerprint density at radius 3 is 2.60 bits per heavy atom. The lowest BCUT2D eigenvalue weighted by Gasteiger charge is -2.62. The number of carbonyl (C=O) groups excluding carboxylic acids is 3. The molecule has 0 heterocycles. The van der Waals surface area contributed by atoms with Gasteiger partial charge in [0.15, 0.2) is 22.9 Å². The van der Waals surface area contributed by atoms with Crippen LogP contribution in [0.25, 0.3) is 0 Å². The molecule has 4 rings (SSSR count). The normalized spacial score (nSPS) is 44.5. The topological polar surface area (TPSA) is 80.7 Å². The number of allylic oxidation sites excluding steroid dienone is 4. The quantitative estimate of drug-likeness (QED) is 0.392. The third kappa shape index (κ3) is 3.29. The van der Waals surface area contributed by atoms with Gasteiger partial charge in [0.25, 0.3) is 0 Å². The van der Waals surface area contributed by atoms with Crippen molar-refractivity contribution in [3.05, 3.63) is 23.6 Å². The molecule has 0 saturated heterocycles. The molecule has 0 aliphatic heterocycles. The number of ketones is 2. The largest absolute Gasteiger partial charge is 0.450 e. The molecule has 0 unspecified atom stereocenters. The average Bonchev–Trinajstić information content (AvgIpc) is 3.03. The fourth-order valence-electron chi connectivity index (χ4n) is 8.13. The SMILES string of the molecule is CCCCC(=O)O[C@@]1(C(=O)CCl)[C@@H](C)C[C@H]2[C@@H]3CCC4=C(F)C(=O)C=C[C@]4(C)[C@@]3(F)[C@@H](O)C[C@@]21C. The third-order valence-corrected chi connectivity index (χ3v) is 10.1. The van der Waals surface area contributed by atoms with Crippen LogP contribution in [0.15, 0.2) is 23.6 Å². The minimum Gasteiger partial charge on any atom is -0.450 e. The summed E-state index contributed by atoms with van der Waals surface area (Å²) in [6.45, 7) is 7.12. The van der Waals surface area contributed by atoms with E-state index in [1.54, 1.807) is 13.8 Å². The maximum Gasteiger partial charge on any atom is 0.306 e. The number of fused-ring (bicyclic) bond motifs is 5. The molecule has 4 aliphatic carbocycles. The zero-order chi connectivity index (χ0) is 26.0. The first-order valence-corrected chi connectivity index (χ1v) is 13.2. The molecule has 8 atom stereocenters. The number of unbranched alkanes of at least 4 members (excludes halogenated alkanes) is 1. The molecule has 0 aromatic carbocycles. The number of hydrogen-bond donors (Lipinski definition) is 1. The molecule has 4 aliphatic rings. The fourth-order valence-corrected chi connectivity index (χ4v) is 8.33. The molecule has 1 N–H and O–H groups in total. The number of aliphatic hydroxyl groups excluding tert-OH is 1. The molecule has 35 heavy (non-hydrogen) atoms. The molecule has 0 spiro atoms. The number of ether oxygens (including phenoxy) is 1. The van der Waals surface area contributed by atoms with Gasteiger partial charge in [-0.15, -0.1) is 11.6 Å². The summed E-state index contributed by atoms with van der Waals surface area (Å²) < 4.78 is 38.2. The fraction of sp³-hybridized carbons (Fsp3) is 0.741. The molecule has 3 saturated carbocycles. The van der Waals surface area contributed by atoms with Crippen LogP contribution in [0.4, 0.5) is 8.78 Å². The van der Waals surface area contributed by atoms with E-state index in [2.05, 4.69) is 0 Å². The highest BCUT2D eigenvalue weighted by atomic mass is 35.5. The second-order valence-electron chi connectivity index (χ2n) is 11.4. The summed E-state index contributed by atoms with van der Waals surface area (Å²) in [6.07, 6.45) is 3.09. The Morgan fingerprint density at radius 1 is 1.29 bits per heavy atom. The highest BCUT2D eigenvalue weighted by molar-refractivity contribution is 6.29. The van der Waals surface area contributed by atoms with Gasteiger partial charge >= 0.3 is 5.97 Å². The molecule has 0 bridgehead atoms. The zero-order valence-corrected chi connectivity index (χ0v) is 21.6. The van der Waals surface area contributed by atoms with E-state index in [9.17, 15) is 23.9 Å². The van der Waals surface area contributed by atoms with Gasteiger partial charge in [-0.3, -0.25) is 14.4 Å². The minimum absolute atomic E-state index is 0.0894. The van der Waals surface area contributed by atoms with Gasteiger partial charge in [-0.05, 0) is 56.6 Å². The predicted molar refractivity (Wildman–Crippen MR) is 127 cm³/mol. The van der Waals surface area contributed by atoms with Crippen molar-refractivity contribution in [2.75, 3.05) is 5.88 Å². The van der Waals surface area contributed by atoms with Crippen LogP contribution in [-0.2, 0) is 19.1 Å². The predicted octanol–water partition coefficient (Wildman–Crippen LogP) is 5.18. The Bertz CT molecular complexity index is 1010. The van der Waals surface area contributed by atoms with E-state index in [1.165, 1.54) is 6.08 Å². The van der Waals surface area contributed by atoms with Gasteiger partial charge < -0.3 is 9.84 Å². The second kappa shape index (κ2) is 8.76. The Morgan fingerprint density at radius 2 is 1.97 bits per heavy atom. The van der Waals surface area contributed by atoms with Crippen molar-refractivity contribution in [2.24, 2.45) is 28.6 Å². The summed E-state index contributed by atoms with van der Waals surface area (Å²) in [7, 11) is 0. The van der Waals surface area contributed by atoms with Crippen LogP contribution in [0, 0.1) is 28.6 Å². The van der Waals surface area contributed by atoms with Gasteiger partial charge in [0.05, 0.1) is 12.0 Å². The summed E-state index contributed by atoms with van der Waals surface area (Å²) in [5, 5.41) is 11.5. The first-order valence-electron chi connectivity index (χ1n) is 12.7. The monoisotopic (exact) mass is 512 g/mol. The Kier molecular flexibility index (Phi) is 6.62. The molecule has 8 heteroatoms. The van der Waals surface area contributed by atoms with E-state index < -0.39 is 69.3 Å². The van der Waals surface area contributed by atoms with E-state index in [0.717, 1.165) is 12.5 Å². The highest BCUT2D eigenvalue weighted by Crippen LogP contribution is 2.71. The average molecular weight is 513 g/mol. The molecular weight excluding hydrogens is 478 g/mol. The van der Waals surface area contributed by atoms with Crippen molar-refractivity contribution in [2.45, 2.75) is 90.0 Å². The van der Waals surface area contributed by atoms with Crippen LogP contribution in [0.1, 0.15) is 72.6 Å². The van der Waals surface area contributed by atoms with Crippen LogP contribution >= 0.6 is 11.6 Å². The van der Waals surface area contributed by atoms with Crippen molar-refractivity contribution in [1.29, 1.82) is 0 Å². The van der Waals surface area contributed by atoms with Crippen molar-refractivity contribution in [3.8, 4) is 0 Å². The first-order chi connectivity index (χ1) is 16.3. The molecule has 0 aromatic heterocycles. The van der Waals surface area contributed by atoms with Gasteiger partial charge in [-0.25, -0.2) is 8.78 Å². The zero-order valence-electron chi connectivity index (χ0n) is 20.8. The number of hydrogen-bond acceptors (Lipinski definition) is 5. The lowest BCUT2D eigenvalue weighted by atomic mass is 9.44. The lowest BCUT2D eigenvalue weighted by Crippen LogP contribution is -2.70. The summed E-state index contributed by atoms with van der Waals surface area (Å²) in [6, 6.07) is 0. The molecule has 5 nitrogen and oxygen atoms in total. The second-order valence-corrected chi connectivity index (χ2v) is 11.6. The summed E-state index contributed by atoms with van der Waals surface area (Å²) in [4.78, 5) is 38.3. The van der Waals surface area contributed by atoms with Crippen molar-refractivity contribution in [1.82, 2.24) is 0 Å². The Labute approximate surface area is 210 Å². The maximum atomic E-state index is 17.3. The number of aliphatic hydroxyl groups is 1. The van der Waals surface area contributed by atoms with E-state index in [4.69, 9.17) is 16.3 Å². The van der Waals surface area contributed by atoms with Crippen LogP contribution in [0.3, 0.4) is 0 Å².